The Morgan fingerprint density at radius 1 is 1.26 bits per heavy atom. The first-order valence-electron chi connectivity index (χ1n) is 6.80. The molecule has 1 aliphatic rings. The van der Waals surface area contributed by atoms with Gasteiger partial charge in [0.25, 0.3) is 0 Å². The summed E-state index contributed by atoms with van der Waals surface area (Å²) in [5.74, 6) is -3.75. The molecule has 0 aromatic carbocycles. The van der Waals surface area contributed by atoms with E-state index in [1.165, 1.54) is 0 Å². The molecular weight excluding hydrogens is 264 g/mol. The van der Waals surface area contributed by atoms with Gasteiger partial charge in [-0.05, 0) is 18.3 Å². The van der Waals surface area contributed by atoms with Gasteiger partial charge in [0.05, 0.1) is 12.7 Å². The molecule has 0 aromatic heterocycles. The van der Waals surface area contributed by atoms with E-state index in [1.807, 2.05) is 6.92 Å². The van der Waals surface area contributed by atoms with Crippen molar-refractivity contribution in [1.82, 2.24) is 0 Å². The van der Waals surface area contributed by atoms with Crippen LogP contribution in [0.15, 0.2) is 0 Å². The molecule has 3 unspecified atom stereocenters. The zero-order valence-corrected chi connectivity index (χ0v) is 11.1. The van der Waals surface area contributed by atoms with Crippen molar-refractivity contribution in [2.24, 2.45) is 11.8 Å². The molecule has 1 aliphatic carbocycles. The molecule has 0 amide bonds. The molecule has 0 bridgehead atoms. The number of ether oxygens (including phenoxy) is 1. The summed E-state index contributed by atoms with van der Waals surface area (Å²) in [5, 5.41) is 9.95. The minimum Gasteiger partial charge on any atom is -0.390 e. The van der Waals surface area contributed by atoms with Crippen LogP contribution in [0.5, 0.6) is 0 Å². The fourth-order valence-corrected chi connectivity index (χ4v) is 2.75. The molecular formula is C13H22F4O2. The van der Waals surface area contributed by atoms with Gasteiger partial charge in [0.1, 0.15) is 6.61 Å². The van der Waals surface area contributed by atoms with E-state index in [9.17, 15) is 22.7 Å². The summed E-state index contributed by atoms with van der Waals surface area (Å²) >= 11 is 0. The first-order valence-corrected chi connectivity index (χ1v) is 6.80. The SMILES string of the molecule is CCC1CCCCC1C(O)COCC(F)(F)C(F)F. The zero-order valence-electron chi connectivity index (χ0n) is 11.1. The number of aliphatic hydroxyl groups excluding tert-OH is 1. The van der Waals surface area contributed by atoms with E-state index in [0.717, 1.165) is 32.1 Å². The molecule has 0 saturated heterocycles. The highest BCUT2D eigenvalue weighted by Crippen LogP contribution is 2.34. The van der Waals surface area contributed by atoms with Gasteiger partial charge in [0, 0.05) is 0 Å². The van der Waals surface area contributed by atoms with Crippen LogP contribution in [0.3, 0.4) is 0 Å². The average molecular weight is 286 g/mol. The van der Waals surface area contributed by atoms with Crippen LogP contribution < -0.4 is 0 Å². The lowest BCUT2D eigenvalue weighted by Crippen LogP contribution is -2.37. The summed E-state index contributed by atoms with van der Waals surface area (Å²) in [6, 6.07) is 0. The van der Waals surface area contributed by atoms with Crippen LogP contribution >= 0.6 is 0 Å². The number of hydrogen-bond donors (Lipinski definition) is 1. The normalized spacial score (nSPS) is 26.7. The molecule has 19 heavy (non-hydrogen) atoms. The van der Waals surface area contributed by atoms with Crippen LogP contribution in [0.25, 0.3) is 0 Å². The number of rotatable bonds is 7. The van der Waals surface area contributed by atoms with Crippen LogP contribution in [-0.4, -0.2) is 36.8 Å². The van der Waals surface area contributed by atoms with Crippen molar-refractivity contribution in [3.8, 4) is 0 Å². The first kappa shape index (κ1) is 16.7. The van der Waals surface area contributed by atoms with Crippen molar-refractivity contribution >= 4 is 0 Å². The van der Waals surface area contributed by atoms with Crippen LogP contribution in [0.4, 0.5) is 17.6 Å². The standard InChI is InChI=1S/C13H22F4O2/c1-2-9-5-3-4-6-10(9)11(18)7-19-8-13(16,17)12(14)15/h9-12,18H,2-8H2,1H3. The van der Waals surface area contributed by atoms with E-state index in [1.54, 1.807) is 0 Å². The number of alkyl halides is 4. The highest BCUT2D eigenvalue weighted by molar-refractivity contribution is 4.80. The third kappa shape index (κ3) is 4.91. The molecule has 114 valence electrons. The summed E-state index contributed by atoms with van der Waals surface area (Å²) in [7, 11) is 0. The van der Waals surface area contributed by atoms with E-state index in [-0.39, 0.29) is 12.5 Å². The Bertz CT molecular complexity index is 261. The van der Waals surface area contributed by atoms with Crippen molar-refractivity contribution in [3.05, 3.63) is 0 Å². The van der Waals surface area contributed by atoms with E-state index in [0.29, 0.717) is 5.92 Å². The number of hydrogen-bond acceptors (Lipinski definition) is 2. The minimum absolute atomic E-state index is 0.0268. The van der Waals surface area contributed by atoms with E-state index < -0.39 is 25.1 Å². The molecule has 1 rings (SSSR count). The maximum Gasteiger partial charge on any atom is 0.330 e. The lowest BCUT2D eigenvalue weighted by molar-refractivity contribution is -0.173. The van der Waals surface area contributed by atoms with Crippen molar-refractivity contribution in [3.63, 3.8) is 0 Å². The fraction of sp³-hybridized carbons (Fsp3) is 1.00. The van der Waals surface area contributed by atoms with Crippen molar-refractivity contribution in [2.45, 2.75) is 57.5 Å². The highest BCUT2D eigenvalue weighted by atomic mass is 19.3. The van der Waals surface area contributed by atoms with E-state index in [4.69, 9.17) is 0 Å². The lowest BCUT2D eigenvalue weighted by Gasteiger charge is -2.34. The molecule has 1 saturated carbocycles. The van der Waals surface area contributed by atoms with Gasteiger partial charge in [-0.2, -0.15) is 8.78 Å². The Morgan fingerprint density at radius 2 is 1.89 bits per heavy atom. The maximum absolute atomic E-state index is 12.6. The Balaban J connectivity index is 2.36. The molecule has 0 aromatic rings. The van der Waals surface area contributed by atoms with Crippen molar-refractivity contribution < 1.29 is 27.4 Å². The van der Waals surface area contributed by atoms with Crippen LogP contribution in [0.1, 0.15) is 39.0 Å². The quantitative estimate of drug-likeness (QED) is 0.726. The second kappa shape index (κ2) is 7.43. The number of halogens is 4. The maximum atomic E-state index is 12.6. The number of aliphatic hydroxyl groups is 1. The predicted molar refractivity (Wildman–Crippen MR) is 63.5 cm³/mol. The average Bonchev–Trinajstić information content (AvgIpc) is 2.38. The summed E-state index contributed by atoms with van der Waals surface area (Å²) in [6.07, 6.45) is 0.327. The van der Waals surface area contributed by atoms with E-state index >= 15 is 0 Å². The van der Waals surface area contributed by atoms with Crippen LogP contribution in [0.2, 0.25) is 0 Å². The van der Waals surface area contributed by atoms with Gasteiger partial charge in [0.2, 0.25) is 0 Å². The highest BCUT2D eigenvalue weighted by Gasteiger charge is 2.41. The lowest BCUT2D eigenvalue weighted by atomic mass is 9.75. The zero-order chi connectivity index (χ0) is 14.5. The third-order valence-electron chi connectivity index (χ3n) is 3.89. The van der Waals surface area contributed by atoms with Gasteiger partial charge >= 0.3 is 12.3 Å². The van der Waals surface area contributed by atoms with Gasteiger partial charge in [-0.15, -0.1) is 0 Å². The van der Waals surface area contributed by atoms with Gasteiger partial charge < -0.3 is 9.84 Å². The second-order valence-electron chi connectivity index (χ2n) is 5.26. The summed E-state index contributed by atoms with van der Waals surface area (Å²) in [6.45, 7) is 0.385. The van der Waals surface area contributed by atoms with Crippen LogP contribution in [-0.2, 0) is 4.74 Å². The Morgan fingerprint density at radius 3 is 2.47 bits per heavy atom. The Kier molecular flexibility index (Phi) is 6.53. The van der Waals surface area contributed by atoms with E-state index in [2.05, 4.69) is 4.74 Å². The van der Waals surface area contributed by atoms with Crippen LogP contribution in [0, 0.1) is 11.8 Å². The molecule has 0 aliphatic heterocycles. The van der Waals surface area contributed by atoms with Gasteiger partial charge in [0.15, 0.2) is 0 Å². The monoisotopic (exact) mass is 286 g/mol. The topological polar surface area (TPSA) is 29.5 Å². The second-order valence-corrected chi connectivity index (χ2v) is 5.26. The van der Waals surface area contributed by atoms with Gasteiger partial charge in [-0.1, -0.05) is 32.6 Å². The Labute approximate surface area is 111 Å². The largest absolute Gasteiger partial charge is 0.390 e. The molecule has 0 heterocycles. The first-order chi connectivity index (χ1) is 8.88. The molecule has 0 radical (unpaired) electrons. The minimum atomic E-state index is -4.14. The van der Waals surface area contributed by atoms with Crippen molar-refractivity contribution in [1.29, 1.82) is 0 Å². The summed E-state index contributed by atoms with van der Waals surface area (Å²) < 4.78 is 53.7. The smallest absolute Gasteiger partial charge is 0.330 e. The molecule has 6 heteroatoms. The molecule has 0 spiro atoms. The molecule has 1 fully saturated rings. The third-order valence-corrected chi connectivity index (χ3v) is 3.89. The summed E-state index contributed by atoms with van der Waals surface area (Å²) in [4.78, 5) is 0. The molecule has 1 N–H and O–H groups in total. The Hall–Kier alpha value is -0.360. The van der Waals surface area contributed by atoms with Crippen molar-refractivity contribution in [2.75, 3.05) is 13.2 Å². The molecule has 2 nitrogen and oxygen atoms in total. The molecule has 3 atom stereocenters. The summed E-state index contributed by atoms with van der Waals surface area (Å²) in [5.41, 5.74) is 0. The predicted octanol–water partition coefficient (Wildman–Crippen LogP) is 3.48. The van der Waals surface area contributed by atoms with Gasteiger partial charge in [-0.3, -0.25) is 0 Å². The fourth-order valence-electron chi connectivity index (χ4n) is 2.75. The van der Waals surface area contributed by atoms with Gasteiger partial charge in [-0.25, -0.2) is 8.78 Å².